The van der Waals surface area contributed by atoms with E-state index in [2.05, 4.69) is 27.6 Å². The van der Waals surface area contributed by atoms with Crippen LogP contribution in [0, 0.1) is 0 Å². The average molecular weight is 225 g/mol. The van der Waals surface area contributed by atoms with Crippen LogP contribution in [0.4, 0.5) is 0 Å². The number of nitrogens with one attached hydrogen (secondary N) is 1. The van der Waals surface area contributed by atoms with E-state index < -0.39 is 0 Å². The van der Waals surface area contributed by atoms with E-state index in [1.807, 2.05) is 17.9 Å². The highest BCUT2D eigenvalue weighted by Crippen LogP contribution is 2.25. The van der Waals surface area contributed by atoms with Gasteiger partial charge in [0.15, 0.2) is 0 Å². The molecule has 74 valence electrons. The van der Waals surface area contributed by atoms with Crippen molar-refractivity contribution in [1.29, 1.82) is 0 Å². The number of hydrogen-bond donors (Lipinski definition) is 1. The fraction of sp³-hybridized carbons (Fsp3) is 0.333. The zero-order valence-electron chi connectivity index (χ0n) is 8.02. The zero-order chi connectivity index (χ0) is 9.97. The Morgan fingerprint density at radius 1 is 1.43 bits per heavy atom. The minimum atomic E-state index is 0.304. The first-order valence-electron chi connectivity index (χ1n) is 4.32. The molecule has 0 radical (unpaired) electrons. The maximum atomic E-state index is 4.52. The number of aromatic nitrogens is 2. The predicted octanol–water partition coefficient (Wildman–Crippen LogP) is 2.55. The molecule has 5 heteroatoms. The van der Waals surface area contributed by atoms with Crippen LogP contribution in [0.1, 0.15) is 18.7 Å². The van der Waals surface area contributed by atoms with Crippen LogP contribution in [-0.2, 0) is 0 Å². The Kier molecular flexibility index (Phi) is 2.90. The summed E-state index contributed by atoms with van der Waals surface area (Å²) in [5.74, 6) is 0. The summed E-state index contributed by atoms with van der Waals surface area (Å²) in [5, 5.41) is 8.27. The minimum absolute atomic E-state index is 0.304. The van der Waals surface area contributed by atoms with Gasteiger partial charge in [-0.15, -0.1) is 22.7 Å². The summed E-state index contributed by atoms with van der Waals surface area (Å²) >= 11 is 3.24. The van der Waals surface area contributed by atoms with Gasteiger partial charge in [0, 0.05) is 16.8 Å². The van der Waals surface area contributed by atoms with Gasteiger partial charge in [0.1, 0.15) is 10.7 Å². The van der Waals surface area contributed by atoms with E-state index in [0.29, 0.717) is 6.04 Å². The largest absolute Gasteiger partial charge is 0.312 e. The summed E-state index contributed by atoms with van der Waals surface area (Å²) in [4.78, 5) is 8.75. The second-order valence-corrected chi connectivity index (χ2v) is 4.54. The molecule has 2 aromatic heterocycles. The van der Waals surface area contributed by atoms with Crippen LogP contribution in [0.5, 0.6) is 0 Å². The van der Waals surface area contributed by atoms with Gasteiger partial charge in [0.25, 0.3) is 0 Å². The van der Waals surface area contributed by atoms with Gasteiger partial charge in [0.05, 0.1) is 11.2 Å². The van der Waals surface area contributed by atoms with E-state index in [-0.39, 0.29) is 0 Å². The minimum Gasteiger partial charge on any atom is -0.312 e. The summed E-state index contributed by atoms with van der Waals surface area (Å²) in [7, 11) is 1.94. The third-order valence-electron chi connectivity index (χ3n) is 2.05. The fourth-order valence-electron chi connectivity index (χ4n) is 1.07. The molecular formula is C9H11N3S2. The van der Waals surface area contributed by atoms with Gasteiger partial charge in [-0.05, 0) is 14.0 Å². The lowest BCUT2D eigenvalue weighted by atomic mass is 10.3. The molecule has 1 N–H and O–H groups in total. The predicted molar refractivity (Wildman–Crippen MR) is 60.7 cm³/mol. The maximum absolute atomic E-state index is 4.52. The highest BCUT2D eigenvalue weighted by Gasteiger charge is 2.09. The van der Waals surface area contributed by atoms with Crippen molar-refractivity contribution in [3.63, 3.8) is 0 Å². The van der Waals surface area contributed by atoms with E-state index >= 15 is 0 Å². The lowest BCUT2D eigenvalue weighted by Gasteiger charge is -2.04. The Bertz CT molecular complexity index is 394. The monoisotopic (exact) mass is 225 g/mol. The van der Waals surface area contributed by atoms with Gasteiger partial charge in [0.2, 0.25) is 0 Å². The second kappa shape index (κ2) is 4.16. The molecule has 2 rings (SSSR count). The molecule has 0 spiro atoms. The Morgan fingerprint density at radius 3 is 2.93 bits per heavy atom. The molecule has 2 aromatic rings. The molecule has 3 nitrogen and oxygen atoms in total. The Hall–Kier alpha value is -0.780. The molecule has 14 heavy (non-hydrogen) atoms. The van der Waals surface area contributed by atoms with Gasteiger partial charge in [-0.1, -0.05) is 0 Å². The third kappa shape index (κ3) is 1.84. The van der Waals surface area contributed by atoms with E-state index in [4.69, 9.17) is 0 Å². The van der Waals surface area contributed by atoms with Gasteiger partial charge in [-0.3, -0.25) is 0 Å². The summed E-state index contributed by atoms with van der Waals surface area (Å²) < 4.78 is 0. The van der Waals surface area contributed by atoms with E-state index in [1.54, 1.807) is 22.7 Å². The van der Waals surface area contributed by atoms with Crippen LogP contribution >= 0.6 is 22.7 Å². The molecule has 0 aliphatic rings. The van der Waals surface area contributed by atoms with Crippen LogP contribution in [0.15, 0.2) is 16.3 Å². The van der Waals surface area contributed by atoms with Crippen molar-refractivity contribution < 1.29 is 0 Å². The molecule has 2 heterocycles. The number of nitrogens with zero attached hydrogens (tertiary/aromatic N) is 2. The number of hydrogen-bond acceptors (Lipinski definition) is 5. The first-order chi connectivity index (χ1) is 6.81. The van der Waals surface area contributed by atoms with Gasteiger partial charge >= 0.3 is 0 Å². The molecule has 0 aliphatic heterocycles. The topological polar surface area (TPSA) is 37.8 Å². The van der Waals surface area contributed by atoms with Crippen molar-refractivity contribution in [3.8, 4) is 10.7 Å². The van der Waals surface area contributed by atoms with Crippen LogP contribution in [0.25, 0.3) is 10.7 Å². The van der Waals surface area contributed by atoms with Crippen LogP contribution in [0.2, 0.25) is 0 Å². The number of thiazole rings is 2. The summed E-state index contributed by atoms with van der Waals surface area (Å²) in [6, 6.07) is 0.304. The lowest BCUT2D eigenvalue weighted by molar-refractivity contribution is 0.637. The van der Waals surface area contributed by atoms with Crippen molar-refractivity contribution in [2.45, 2.75) is 13.0 Å². The van der Waals surface area contributed by atoms with Crippen molar-refractivity contribution >= 4 is 22.7 Å². The number of rotatable bonds is 3. The molecule has 1 atom stereocenters. The lowest BCUT2D eigenvalue weighted by Crippen LogP contribution is -2.12. The molecular weight excluding hydrogens is 214 g/mol. The van der Waals surface area contributed by atoms with Gasteiger partial charge in [-0.2, -0.15) is 0 Å². The van der Waals surface area contributed by atoms with Crippen molar-refractivity contribution in [2.24, 2.45) is 0 Å². The Balaban J connectivity index is 2.26. The third-order valence-corrected chi connectivity index (χ3v) is 3.52. The normalized spacial score (nSPS) is 13.0. The molecule has 0 amide bonds. The van der Waals surface area contributed by atoms with Crippen molar-refractivity contribution in [1.82, 2.24) is 15.3 Å². The first kappa shape index (κ1) is 9.76. The summed E-state index contributed by atoms with van der Waals surface area (Å²) in [6.07, 6.45) is 0. The average Bonchev–Trinajstić information content (AvgIpc) is 2.86. The van der Waals surface area contributed by atoms with E-state index in [0.717, 1.165) is 16.4 Å². The smallest absolute Gasteiger partial charge is 0.143 e. The van der Waals surface area contributed by atoms with Crippen LogP contribution in [0.3, 0.4) is 0 Å². The quantitative estimate of drug-likeness (QED) is 0.872. The van der Waals surface area contributed by atoms with E-state index in [1.165, 1.54) is 0 Å². The maximum Gasteiger partial charge on any atom is 0.143 e. The molecule has 1 unspecified atom stereocenters. The molecule has 0 fully saturated rings. The Morgan fingerprint density at radius 2 is 2.29 bits per heavy atom. The van der Waals surface area contributed by atoms with Crippen molar-refractivity contribution in [3.05, 3.63) is 22.0 Å². The van der Waals surface area contributed by atoms with E-state index in [9.17, 15) is 0 Å². The Labute approximate surface area is 90.9 Å². The van der Waals surface area contributed by atoms with Gasteiger partial charge < -0.3 is 5.32 Å². The highest BCUT2D eigenvalue weighted by atomic mass is 32.1. The molecule has 0 saturated heterocycles. The van der Waals surface area contributed by atoms with Crippen LogP contribution < -0.4 is 5.32 Å². The summed E-state index contributed by atoms with van der Waals surface area (Å²) in [5.41, 5.74) is 3.90. The molecule has 0 saturated carbocycles. The summed E-state index contributed by atoms with van der Waals surface area (Å²) in [6.45, 7) is 2.10. The first-order valence-corrected chi connectivity index (χ1v) is 6.14. The van der Waals surface area contributed by atoms with Gasteiger partial charge in [-0.25, -0.2) is 9.97 Å². The fourth-order valence-corrected chi connectivity index (χ4v) is 2.56. The zero-order valence-corrected chi connectivity index (χ0v) is 9.65. The molecule has 0 aromatic carbocycles. The van der Waals surface area contributed by atoms with Crippen molar-refractivity contribution in [2.75, 3.05) is 7.05 Å². The second-order valence-electron chi connectivity index (χ2n) is 2.96. The van der Waals surface area contributed by atoms with Crippen LogP contribution in [-0.4, -0.2) is 17.0 Å². The SMILES string of the molecule is CNC(C)c1csc(-c2cscn2)n1. The molecule has 0 bridgehead atoms. The standard InChI is InChI=1S/C9H11N3S2/c1-6(10-2)7-4-14-9(12-7)8-3-13-5-11-8/h3-6,10H,1-2H3. The highest BCUT2D eigenvalue weighted by molar-refractivity contribution is 7.13. The molecule has 0 aliphatic carbocycles.